The van der Waals surface area contributed by atoms with Gasteiger partial charge in [0.25, 0.3) is 5.56 Å². The van der Waals surface area contributed by atoms with Gasteiger partial charge in [0.05, 0.1) is 11.2 Å². The number of amides is 1. The van der Waals surface area contributed by atoms with Gasteiger partial charge in [0.1, 0.15) is 17.0 Å². The highest BCUT2D eigenvalue weighted by Crippen LogP contribution is 2.18. The first kappa shape index (κ1) is 17.9. The smallest absolute Gasteiger partial charge is 0.336 e. The van der Waals surface area contributed by atoms with Crippen LogP contribution in [0.4, 0.5) is 5.82 Å². The lowest BCUT2D eigenvalue weighted by atomic mass is 10.2. The maximum absolute atomic E-state index is 13.2. The van der Waals surface area contributed by atoms with E-state index in [1.807, 2.05) is 19.1 Å². The summed E-state index contributed by atoms with van der Waals surface area (Å²) in [6.45, 7) is 3.27. The van der Waals surface area contributed by atoms with Gasteiger partial charge >= 0.3 is 5.69 Å². The van der Waals surface area contributed by atoms with Crippen LogP contribution in [0.1, 0.15) is 11.3 Å². The molecule has 0 aliphatic heterocycles. The number of fused-ring (bicyclic) bond motifs is 1. The summed E-state index contributed by atoms with van der Waals surface area (Å²) >= 11 is 1.23. The third kappa shape index (κ3) is 3.05. The predicted molar refractivity (Wildman–Crippen MR) is 106 cm³/mol. The Morgan fingerprint density at radius 1 is 1.21 bits per heavy atom. The Balaban J connectivity index is 1.83. The highest BCUT2D eigenvalue weighted by Gasteiger charge is 2.18. The lowest BCUT2D eigenvalue weighted by Crippen LogP contribution is -2.40. The van der Waals surface area contributed by atoms with Crippen molar-refractivity contribution >= 4 is 33.3 Å². The molecule has 4 aromatic rings. The lowest BCUT2D eigenvalue weighted by Gasteiger charge is -2.13. The zero-order valence-corrected chi connectivity index (χ0v) is 15.9. The van der Waals surface area contributed by atoms with Gasteiger partial charge in [0.15, 0.2) is 5.82 Å². The van der Waals surface area contributed by atoms with Crippen LogP contribution in [-0.2, 0) is 11.3 Å². The van der Waals surface area contributed by atoms with E-state index in [4.69, 9.17) is 4.52 Å². The van der Waals surface area contributed by atoms with Crippen LogP contribution in [0.15, 0.2) is 55.9 Å². The van der Waals surface area contributed by atoms with E-state index in [9.17, 15) is 14.4 Å². The van der Waals surface area contributed by atoms with Crippen molar-refractivity contribution in [1.29, 1.82) is 0 Å². The molecule has 0 atom stereocenters. The molecule has 1 aromatic carbocycles. The zero-order chi connectivity index (χ0) is 19.8. The Labute approximate surface area is 162 Å². The van der Waals surface area contributed by atoms with Crippen LogP contribution in [0.25, 0.3) is 15.9 Å². The number of aryl methyl sites for hydroxylation is 2. The number of para-hydroxylation sites is 1. The molecule has 0 bridgehead atoms. The minimum atomic E-state index is -0.573. The Bertz CT molecular complexity index is 1310. The number of hydrogen-bond donors (Lipinski definition) is 1. The van der Waals surface area contributed by atoms with Crippen LogP contribution in [0, 0.1) is 13.8 Å². The molecule has 1 amide bonds. The molecule has 28 heavy (non-hydrogen) atoms. The maximum Gasteiger partial charge on any atom is 0.336 e. The molecule has 0 spiro atoms. The minimum Gasteiger partial charge on any atom is -0.360 e. The predicted octanol–water partition coefficient (Wildman–Crippen LogP) is 2.46. The zero-order valence-electron chi connectivity index (χ0n) is 15.1. The van der Waals surface area contributed by atoms with Gasteiger partial charge in [-0.2, -0.15) is 0 Å². The Hall–Kier alpha value is -3.46. The molecular formula is C19H16N4O4S. The number of rotatable bonds is 4. The van der Waals surface area contributed by atoms with Crippen molar-refractivity contribution < 1.29 is 9.32 Å². The summed E-state index contributed by atoms with van der Waals surface area (Å²) in [5.74, 6) is 0.378. The Morgan fingerprint density at radius 3 is 2.71 bits per heavy atom. The molecule has 9 heteroatoms. The number of aromatic nitrogens is 3. The third-order valence-corrected chi connectivity index (χ3v) is 5.20. The van der Waals surface area contributed by atoms with E-state index < -0.39 is 17.2 Å². The molecule has 0 aliphatic rings. The van der Waals surface area contributed by atoms with Crippen molar-refractivity contribution in [2.45, 2.75) is 20.4 Å². The normalized spacial score (nSPS) is 11.1. The van der Waals surface area contributed by atoms with Crippen molar-refractivity contribution in [3.05, 3.63) is 73.9 Å². The highest BCUT2D eigenvalue weighted by molar-refractivity contribution is 7.17. The van der Waals surface area contributed by atoms with Crippen molar-refractivity contribution in [1.82, 2.24) is 14.3 Å². The second-order valence-corrected chi connectivity index (χ2v) is 7.22. The highest BCUT2D eigenvalue weighted by atomic mass is 32.1. The maximum atomic E-state index is 13.2. The number of thiophene rings is 1. The standard InChI is InChI=1S/C19H16N4O4S/c1-11-5-3-4-6-13(11)23-18(25)17-14(7-8-28-17)22(19(23)26)10-16(24)20-15-9-12(2)27-21-15/h3-9H,10H2,1-2H3,(H,20,21,24). The van der Waals surface area contributed by atoms with Crippen LogP contribution in [0.5, 0.6) is 0 Å². The van der Waals surface area contributed by atoms with Gasteiger partial charge in [0.2, 0.25) is 5.91 Å². The molecule has 142 valence electrons. The summed E-state index contributed by atoms with van der Waals surface area (Å²) in [6.07, 6.45) is 0. The number of anilines is 1. The van der Waals surface area contributed by atoms with Crippen LogP contribution < -0.4 is 16.6 Å². The van der Waals surface area contributed by atoms with Crippen LogP contribution in [0.2, 0.25) is 0 Å². The van der Waals surface area contributed by atoms with Crippen molar-refractivity contribution in [2.75, 3.05) is 5.32 Å². The molecule has 3 heterocycles. The second kappa shape index (κ2) is 6.93. The quantitative estimate of drug-likeness (QED) is 0.571. The fourth-order valence-electron chi connectivity index (χ4n) is 3.02. The van der Waals surface area contributed by atoms with Gasteiger partial charge in [-0.25, -0.2) is 9.36 Å². The molecule has 0 saturated heterocycles. The summed E-state index contributed by atoms with van der Waals surface area (Å²) in [7, 11) is 0. The second-order valence-electron chi connectivity index (χ2n) is 6.30. The monoisotopic (exact) mass is 396 g/mol. The molecule has 0 aliphatic carbocycles. The lowest BCUT2D eigenvalue weighted by molar-refractivity contribution is -0.116. The van der Waals surface area contributed by atoms with Gasteiger partial charge in [-0.3, -0.25) is 14.2 Å². The number of carbonyl (C=O) groups is 1. The molecule has 4 rings (SSSR count). The minimum absolute atomic E-state index is 0.260. The summed E-state index contributed by atoms with van der Waals surface area (Å²) in [5.41, 5.74) is 0.738. The average Bonchev–Trinajstić information content (AvgIpc) is 3.29. The van der Waals surface area contributed by atoms with E-state index in [-0.39, 0.29) is 12.4 Å². The molecule has 1 N–H and O–H groups in total. The molecule has 8 nitrogen and oxygen atoms in total. The van der Waals surface area contributed by atoms with E-state index in [1.165, 1.54) is 15.9 Å². The largest absolute Gasteiger partial charge is 0.360 e. The third-order valence-electron chi connectivity index (χ3n) is 4.31. The van der Waals surface area contributed by atoms with Gasteiger partial charge in [-0.1, -0.05) is 23.4 Å². The first-order chi connectivity index (χ1) is 13.5. The van der Waals surface area contributed by atoms with E-state index in [2.05, 4.69) is 10.5 Å². The summed E-state index contributed by atoms with van der Waals surface area (Å²) in [5, 5.41) is 8.03. The van der Waals surface area contributed by atoms with Gasteiger partial charge in [-0.15, -0.1) is 11.3 Å². The number of hydrogen-bond acceptors (Lipinski definition) is 6. The topological polar surface area (TPSA) is 99.1 Å². The van der Waals surface area contributed by atoms with Crippen molar-refractivity contribution in [3.63, 3.8) is 0 Å². The van der Waals surface area contributed by atoms with E-state index in [1.54, 1.807) is 36.6 Å². The van der Waals surface area contributed by atoms with Crippen LogP contribution in [0.3, 0.4) is 0 Å². The van der Waals surface area contributed by atoms with Crippen LogP contribution in [-0.4, -0.2) is 20.2 Å². The summed E-state index contributed by atoms with van der Waals surface area (Å²) < 4.78 is 7.74. The average molecular weight is 396 g/mol. The summed E-state index contributed by atoms with van der Waals surface area (Å²) in [6, 6.07) is 10.4. The number of benzene rings is 1. The molecule has 0 unspecified atom stereocenters. The number of nitrogens with one attached hydrogen (secondary N) is 1. The van der Waals surface area contributed by atoms with Crippen LogP contribution >= 0.6 is 11.3 Å². The van der Waals surface area contributed by atoms with Gasteiger partial charge in [0, 0.05) is 6.07 Å². The molecule has 0 saturated carbocycles. The fourth-order valence-corrected chi connectivity index (χ4v) is 3.84. The van der Waals surface area contributed by atoms with Crippen molar-refractivity contribution in [2.24, 2.45) is 0 Å². The first-order valence-electron chi connectivity index (χ1n) is 8.48. The van der Waals surface area contributed by atoms with Crippen molar-refractivity contribution in [3.8, 4) is 5.69 Å². The Kier molecular flexibility index (Phi) is 4.44. The molecule has 3 aromatic heterocycles. The Morgan fingerprint density at radius 2 is 2.00 bits per heavy atom. The van der Waals surface area contributed by atoms with E-state index in [0.717, 1.165) is 10.1 Å². The number of carbonyl (C=O) groups excluding carboxylic acids is 1. The summed E-state index contributed by atoms with van der Waals surface area (Å²) in [4.78, 5) is 38.6. The molecule has 0 fully saturated rings. The van der Waals surface area contributed by atoms with E-state index >= 15 is 0 Å². The SMILES string of the molecule is Cc1cc(NC(=O)Cn2c(=O)n(-c3ccccc3C)c(=O)c3sccc32)no1. The molecule has 0 radical (unpaired) electrons. The number of nitrogens with zero attached hydrogens (tertiary/aromatic N) is 3. The van der Waals surface area contributed by atoms with Gasteiger partial charge < -0.3 is 9.84 Å². The molecular weight excluding hydrogens is 380 g/mol. The van der Waals surface area contributed by atoms with Gasteiger partial charge in [-0.05, 0) is 36.9 Å². The first-order valence-corrected chi connectivity index (χ1v) is 9.36. The fraction of sp³-hybridized carbons (Fsp3) is 0.158. The van der Waals surface area contributed by atoms with E-state index in [0.29, 0.717) is 21.7 Å².